The number of hydrogen-bond acceptors (Lipinski definition) is 2. The monoisotopic (exact) mass is 232 g/mol. The van der Waals surface area contributed by atoms with Crippen LogP contribution < -0.4 is 4.90 Å². The highest BCUT2D eigenvalue weighted by Gasteiger charge is 2.14. The van der Waals surface area contributed by atoms with E-state index >= 15 is 0 Å². The molecule has 2 nitrogen and oxygen atoms in total. The zero-order chi connectivity index (χ0) is 11.5. The van der Waals surface area contributed by atoms with Crippen LogP contribution in [0.5, 0.6) is 0 Å². The van der Waals surface area contributed by atoms with Crippen LogP contribution in [-0.2, 0) is 0 Å². The summed E-state index contributed by atoms with van der Waals surface area (Å²) in [6.45, 7) is 3.96. The molecule has 0 saturated carbocycles. The highest BCUT2D eigenvalue weighted by molar-refractivity contribution is 6.30. The van der Waals surface area contributed by atoms with Gasteiger partial charge in [0.25, 0.3) is 0 Å². The first-order chi connectivity index (χ1) is 7.70. The van der Waals surface area contributed by atoms with Gasteiger partial charge in [-0.2, -0.15) is 5.26 Å². The average Bonchev–Trinajstić information content (AvgIpc) is 2.30. The van der Waals surface area contributed by atoms with Gasteiger partial charge in [0.05, 0.1) is 11.3 Å². The van der Waals surface area contributed by atoms with E-state index < -0.39 is 0 Å². The van der Waals surface area contributed by atoms with Crippen LogP contribution in [0.1, 0.15) is 18.9 Å². The minimum absolute atomic E-state index is 0.681. The van der Waals surface area contributed by atoms with Crippen LogP contribution in [0.2, 0.25) is 5.02 Å². The zero-order valence-electron chi connectivity index (χ0n) is 9.20. The minimum Gasteiger partial charge on any atom is -0.366 e. The zero-order valence-corrected chi connectivity index (χ0v) is 9.96. The summed E-state index contributed by atoms with van der Waals surface area (Å²) in [6, 6.07) is 7.62. The number of benzene rings is 1. The van der Waals surface area contributed by atoms with E-state index in [1.807, 2.05) is 6.07 Å². The fourth-order valence-corrected chi connectivity index (χ4v) is 2.02. The van der Waals surface area contributed by atoms with E-state index in [4.69, 9.17) is 16.9 Å². The maximum Gasteiger partial charge on any atom is 0.101 e. The largest absolute Gasteiger partial charge is 0.366 e. The summed E-state index contributed by atoms with van der Waals surface area (Å²) in [5, 5.41) is 9.74. The van der Waals surface area contributed by atoms with Gasteiger partial charge in [0.15, 0.2) is 0 Å². The lowest BCUT2D eigenvalue weighted by Gasteiger charge is -2.28. The lowest BCUT2D eigenvalue weighted by atomic mass is 10.1. The van der Waals surface area contributed by atoms with Gasteiger partial charge in [-0.15, -0.1) is 0 Å². The van der Waals surface area contributed by atoms with Crippen molar-refractivity contribution in [1.82, 2.24) is 0 Å². The van der Waals surface area contributed by atoms with Gasteiger partial charge in [-0.05, 0) is 31.5 Å². The number of nitrogens with zero attached hydrogens (tertiary/aromatic N) is 2. The Morgan fingerprint density at radius 3 is 2.88 bits per heavy atom. The summed E-state index contributed by atoms with van der Waals surface area (Å²) in [5.41, 5.74) is 3.05. The van der Waals surface area contributed by atoms with E-state index in [9.17, 15) is 0 Å². The van der Waals surface area contributed by atoms with Crippen molar-refractivity contribution in [2.24, 2.45) is 0 Å². The quantitative estimate of drug-likeness (QED) is 0.695. The van der Waals surface area contributed by atoms with Crippen molar-refractivity contribution < 1.29 is 0 Å². The van der Waals surface area contributed by atoms with Crippen molar-refractivity contribution in [2.75, 3.05) is 18.0 Å². The lowest BCUT2D eigenvalue weighted by molar-refractivity contribution is 0.787. The van der Waals surface area contributed by atoms with Crippen LogP contribution in [0.15, 0.2) is 29.8 Å². The third-order valence-corrected chi connectivity index (χ3v) is 3.09. The number of rotatable bonds is 1. The summed E-state index contributed by atoms with van der Waals surface area (Å²) in [7, 11) is 0. The molecule has 0 amide bonds. The molecule has 1 aromatic rings. The highest BCUT2D eigenvalue weighted by Crippen LogP contribution is 2.26. The molecule has 0 atom stereocenters. The first-order valence-corrected chi connectivity index (χ1v) is 5.69. The molecule has 0 radical (unpaired) electrons. The van der Waals surface area contributed by atoms with Gasteiger partial charge in [0.1, 0.15) is 6.07 Å². The van der Waals surface area contributed by atoms with Crippen LogP contribution in [-0.4, -0.2) is 13.1 Å². The standard InChI is InChI=1S/C13H13ClN2/c1-10-4-6-16(7-5-10)13-8-12(14)3-2-11(13)9-15/h2-4,8H,5-7H2,1H3. The fraction of sp³-hybridized carbons (Fsp3) is 0.308. The predicted molar refractivity (Wildman–Crippen MR) is 66.8 cm³/mol. The van der Waals surface area contributed by atoms with E-state index in [1.54, 1.807) is 12.1 Å². The van der Waals surface area contributed by atoms with E-state index in [2.05, 4.69) is 24.0 Å². The first-order valence-electron chi connectivity index (χ1n) is 5.31. The molecule has 1 aliphatic heterocycles. The number of hydrogen-bond donors (Lipinski definition) is 0. The Hall–Kier alpha value is -1.46. The molecule has 0 N–H and O–H groups in total. The van der Waals surface area contributed by atoms with E-state index in [1.165, 1.54) is 5.57 Å². The third-order valence-electron chi connectivity index (χ3n) is 2.86. The smallest absolute Gasteiger partial charge is 0.101 e. The molecule has 1 heterocycles. The second-order valence-electron chi connectivity index (χ2n) is 4.02. The molecule has 0 fully saturated rings. The summed E-state index contributed by atoms with van der Waals surface area (Å²) in [4.78, 5) is 2.19. The van der Waals surface area contributed by atoms with Crippen LogP contribution in [0.4, 0.5) is 5.69 Å². The molecule has 0 aliphatic carbocycles. The SMILES string of the molecule is CC1=CCN(c2cc(Cl)ccc2C#N)CC1. The molecule has 16 heavy (non-hydrogen) atoms. The highest BCUT2D eigenvalue weighted by atomic mass is 35.5. The molecule has 2 rings (SSSR count). The first kappa shape index (κ1) is 11.0. The maximum absolute atomic E-state index is 9.06. The van der Waals surface area contributed by atoms with Gasteiger partial charge in [0, 0.05) is 18.1 Å². The Bertz CT molecular complexity index is 471. The van der Waals surface area contributed by atoms with E-state index in [-0.39, 0.29) is 0 Å². The topological polar surface area (TPSA) is 27.0 Å². The van der Waals surface area contributed by atoms with Crippen molar-refractivity contribution in [1.29, 1.82) is 5.26 Å². The van der Waals surface area contributed by atoms with Crippen LogP contribution in [0.25, 0.3) is 0 Å². The van der Waals surface area contributed by atoms with Crippen molar-refractivity contribution in [2.45, 2.75) is 13.3 Å². The Morgan fingerprint density at radius 2 is 2.25 bits per heavy atom. The molecule has 0 unspecified atom stereocenters. The Labute approximate surface area is 101 Å². The molecular formula is C13H13ClN2. The summed E-state index contributed by atoms with van der Waals surface area (Å²) < 4.78 is 0. The van der Waals surface area contributed by atoms with E-state index in [0.29, 0.717) is 10.6 Å². The molecule has 0 bridgehead atoms. The molecule has 0 aromatic heterocycles. The van der Waals surface area contributed by atoms with Crippen molar-refractivity contribution in [3.8, 4) is 6.07 Å². The maximum atomic E-state index is 9.06. The minimum atomic E-state index is 0.681. The summed E-state index contributed by atoms with van der Waals surface area (Å²) in [5.74, 6) is 0. The number of nitriles is 1. The van der Waals surface area contributed by atoms with Gasteiger partial charge in [-0.1, -0.05) is 23.3 Å². The lowest BCUT2D eigenvalue weighted by Crippen LogP contribution is -2.28. The van der Waals surface area contributed by atoms with Gasteiger partial charge in [-0.25, -0.2) is 0 Å². The molecular weight excluding hydrogens is 220 g/mol. The van der Waals surface area contributed by atoms with Gasteiger partial charge in [0.2, 0.25) is 0 Å². The van der Waals surface area contributed by atoms with Crippen LogP contribution in [0.3, 0.4) is 0 Å². The van der Waals surface area contributed by atoms with Gasteiger partial charge >= 0.3 is 0 Å². The van der Waals surface area contributed by atoms with Crippen LogP contribution in [0, 0.1) is 11.3 Å². The number of halogens is 1. The normalized spacial score (nSPS) is 15.6. The van der Waals surface area contributed by atoms with Crippen LogP contribution >= 0.6 is 11.6 Å². The summed E-state index contributed by atoms with van der Waals surface area (Å²) >= 11 is 5.97. The predicted octanol–water partition coefficient (Wildman–Crippen LogP) is 3.37. The molecule has 1 aromatic carbocycles. The number of anilines is 1. The van der Waals surface area contributed by atoms with Gasteiger partial charge in [-0.3, -0.25) is 0 Å². The second-order valence-corrected chi connectivity index (χ2v) is 4.46. The molecule has 3 heteroatoms. The Balaban J connectivity index is 2.33. The molecule has 0 spiro atoms. The second kappa shape index (κ2) is 4.59. The Morgan fingerprint density at radius 1 is 1.44 bits per heavy atom. The van der Waals surface area contributed by atoms with Crippen molar-refractivity contribution in [3.05, 3.63) is 40.4 Å². The molecule has 82 valence electrons. The third kappa shape index (κ3) is 2.20. The van der Waals surface area contributed by atoms with Crippen molar-refractivity contribution in [3.63, 3.8) is 0 Å². The Kier molecular flexibility index (Phi) is 3.17. The molecule has 0 saturated heterocycles. The van der Waals surface area contributed by atoms with Gasteiger partial charge < -0.3 is 4.90 Å². The fourth-order valence-electron chi connectivity index (χ4n) is 1.85. The van der Waals surface area contributed by atoms with Crippen molar-refractivity contribution >= 4 is 17.3 Å². The molecule has 1 aliphatic rings. The van der Waals surface area contributed by atoms with E-state index in [0.717, 1.165) is 25.2 Å². The summed E-state index contributed by atoms with van der Waals surface area (Å²) in [6.07, 6.45) is 3.25. The average molecular weight is 233 g/mol.